The normalized spacial score (nSPS) is 15.3. The summed E-state index contributed by atoms with van der Waals surface area (Å²) in [6, 6.07) is 10.5. The molecule has 1 aliphatic carbocycles. The molecule has 0 spiro atoms. The zero-order valence-corrected chi connectivity index (χ0v) is 23.4. The van der Waals surface area contributed by atoms with E-state index in [1.807, 2.05) is 17.0 Å². The summed E-state index contributed by atoms with van der Waals surface area (Å²) in [5.74, 6) is -2.67. The monoisotopic (exact) mass is 598 g/mol. The lowest BCUT2D eigenvalue weighted by Gasteiger charge is -2.22. The van der Waals surface area contributed by atoms with Crippen LogP contribution in [0.2, 0.25) is 0 Å². The smallest absolute Gasteiger partial charge is 0.378 e. The molecule has 1 aliphatic rings. The van der Waals surface area contributed by atoms with E-state index in [0.29, 0.717) is 23.9 Å². The van der Waals surface area contributed by atoms with E-state index in [-0.39, 0.29) is 39.4 Å². The minimum atomic E-state index is -4.96. The number of hydrogen-bond acceptors (Lipinski definition) is 6. The van der Waals surface area contributed by atoms with Crippen LogP contribution in [-0.4, -0.2) is 65.9 Å². The topological polar surface area (TPSA) is 93.5 Å². The molecule has 1 amide bonds. The Bertz CT molecular complexity index is 1420. The molecule has 1 aromatic carbocycles. The highest BCUT2D eigenvalue weighted by Crippen LogP contribution is 2.30. The number of para-hydroxylation sites is 1. The van der Waals surface area contributed by atoms with Crippen LogP contribution in [-0.2, 0) is 32.6 Å². The number of nitrogens with one attached hydrogen (secondary N) is 1. The lowest BCUT2D eigenvalue weighted by Crippen LogP contribution is -2.38. The molecule has 0 bridgehead atoms. The van der Waals surface area contributed by atoms with Gasteiger partial charge in [0.2, 0.25) is 16.0 Å². The number of amides is 1. The number of nitrogens with zero attached hydrogens (tertiary/aromatic N) is 3. The fraction of sp³-hybridized carbons (Fsp3) is 0.500. The average molecular weight is 599 g/mol. The molecule has 3 aromatic rings. The van der Waals surface area contributed by atoms with Crippen molar-refractivity contribution in [3.05, 3.63) is 65.9 Å². The lowest BCUT2D eigenvalue weighted by atomic mass is 10.1. The van der Waals surface area contributed by atoms with E-state index in [2.05, 4.69) is 4.98 Å². The van der Waals surface area contributed by atoms with Gasteiger partial charge < -0.3 is 10.1 Å². The van der Waals surface area contributed by atoms with Crippen molar-refractivity contribution in [3.63, 3.8) is 0 Å². The number of pyridine rings is 1. The fourth-order valence-electron chi connectivity index (χ4n) is 5.12. The Hall–Kier alpha value is -3.03. The van der Waals surface area contributed by atoms with Crippen LogP contribution >= 0.6 is 0 Å². The van der Waals surface area contributed by atoms with Crippen LogP contribution in [0, 0.1) is 5.95 Å². The highest BCUT2D eigenvalue weighted by Gasteiger charge is 2.38. The number of hydrogen-bond donors (Lipinski definition) is 1. The molecule has 13 heteroatoms. The Balaban J connectivity index is 1.52. The molecule has 2 heterocycles. The lowest BCUT2D eigenvalue weighted by molar-refractivity contribution is -0.173. The Labute approximate surface area is 236 Å². The molecule has 2 aromatic heterocycles. The van der Waals surface area contributed by atoms with Crippen LogP contribution in [0.25, 0.3) is 10.9 Å². The van der Waals surface area contributed by atoms with Crippen LogP contribution in [0.5, 0.6) is 0 Å². The summed E-state index contributed by atoms with van der Waals surface area (Å²) in [7, 11) is -3.65. The zero-order chi connectivity index (χ0) is 29.5. The number of fused-ring (bicyclic) bond motifs is 1. The largest absolute Gasteiger partial charge is 0.471 e. The van der Waals surface area contributed by atoms with Gasteiger partial charge in [-0.05, 0) is 30.5 Å². The second-order valence-corrected chi connectivity index (χ2v) is 12.2. The standard InChI is InChI=1S/C28H34F4N4O4S/c29-26-21(8-7-13-33-26)18-35(15-17-40-16-14-34-27(37)28(30,31)32)19-22-20-36(25-12-6-5-11-24(22)25)41(38,39)23-9-3-1-2-4-10-23/h5-8,11-13,20,23H,1-4,9-10,14-19H2,(H,34,37). The molecule has 41 heavy (non-hydrogen) atoms. The summed E-state index contributed by atoms with van der Waals surface area (Å²) in [5, 5.41) is 2.05. The first-order chi connectivity index (χ1) is 19.6. The third-order valence-electron chi connectivity index (χ3n) is 7.22. The van der Waals surface area contributed by atoms with E-state index in [1.165, 1.54) is 10.2 Å². The van der Waals surface area contributed by atoms with Gasteiger partial charge in [-0.1, -0.05) is 49.9 Å². The molecular weight excluding hydrogens is 564 g/mol. The molecule has 1 N–H and O–H groups in total. The van der Waals surface area contributed by atoms with Crippen LogP contribution in [0.1, 0.15) is 49.7 Å². The van der Waals surface area contributed by atoms with Gasteiger partial charge in [0.1, 0.15) is 0 Å². The number of benzene rings is 1. The van der Waals surface area contributed by atoms with Gasteiger partial charge in [0.25, 0.3) is 0 Å². The van der Waals surface area contributed by atoms with Gasteiger partial charge in [0.15, 0.2) is 0 Å². The van der Waals surface area contributed by atoms with Crippen LogP contribution < -0.4 is 5.32 Å². The van der Waals surface area contributed by atoms with Gasteiger partial charge in [-0.15, -0.1) is 0 Å². The minimum absolute atomic E-state index is 0.0861. The summed E-state index contributed by atoms with van der Waals surface area (Å²) in [5.41, 5.74) is 1.65. The first-order valence-electron chi connectivity index (χ1n) is 13.6. The molecule has 0 atom stereocenters. The first-order valence-corrected chi connectivity index (χ1v) is 15.2. The molecule has 0 saturated heterocycles. The predicted octanol–water partition coefficient (Wildman–Crippen LogP) is 4.77. The number of rotatable bonds is 12. The van der Waals surface area contributed by atoms with Crippen molar-refractivity contribution in [2.45, 2.75) is 63.0 Å². The zero-order valence-electron chi connectivity index (χ0n) is 22.6. The Kier molecular flexibility index (Phi) is 10.4. The van der Waals surface area contributed by atoms with Gasteiger partial charge in [-0.3, -0.25) is 9.69 Å². The molecule has 0 radical (unpaired) electrons. The summed E-state index contributed by atoms with van der Waals surface area (Å²) in [4.78, 5) is 16.5. The highest BCUT2D eigenvalue weighted by molar-refractivity contribution is 7.90. The van der Waals surface area contributed by atoms with Crippen molar-refractivity contribution >= 4 is 26.8 Å². The van der Waals surface area contributed by atoms with Gasteiger partial charge >= 0.3 is 12.1 Å². The molecule has 0 aliphatic heterocycles. The molecule has 4 rings (SSSR count). The Morgan fingerprint density at radius 1 is 1.02 bits per heavy atom. The first kappa shape index (κ1) is 30.9. The van der Waals surface area contributed by atoms with Crippen LogP contribution in [0.4, 0.5) is 17.6 Å². The summed E-state index contributed by atoms with van der Waals surface area (Å²) in [6.45, 7) is 0.288. The SMILES string of the molecule is O=C(NCCOCCN(Cc1cccnc1F)Cc1cn(S(=O)(=O)C2CCCCCC2)c2ccccc12)C(F)(F)F. The summed E-state index contributed by atoms with van der Waals surface area (Å²) < 4.78 is 85.8. The molecule has 224 valence electrons. The van der Waals surface area contributed by atoms with Crippen molar-refractivity contribution in [1.82, 2.24) is 19.2 Å². The minimum Gasteiger partial charge on any atom is -0.378 e. The molecular formula is C28H34F4N4O4S. The highest BCUT2D eigenvalue weighted by atomic mass is 32.2. The number of aromatic nitrogens is 2. The predicted molar refractivity (Wildman–Crippen MR) is 146 cm³/mol. The quantitative estimate of drug-likeness (QED) is 0.140. The number of halogens is 4. The maximum atomic E-state index is 14.4. The fourth-order valence-corrected chi connectivity index (χ4v) is 7.08. The van der Waals surface area contributed by atoms with Gasteiger partial charge in [0, 0.05) is 49.5 Å². The van der Waals surface area contributed by atoms with E-state index >= 15 is 0 Å². The van der Waals surface area contributed by atoms with Crippen molar-refractivity contribution in [3.8, 4) is 0 Å². The van der Waals surface area contributed by atoms with E-state index in [1.54, 1.807) is 35.8 Å². The van der Waals surface area contributed by atoms with Crippen molar-refractivity contribution in [1.29, 1.82) is 0 Å². The van der Waals surface area contributed by atoms with E-state index in [9.17, 15) is 30.8 Å². The molecule has 1 saturated carbocycles. The Morgan fingerprint density at radius 2 is 1.73 bits per heavy atom. The van der Waals surface area contributed by atoms with E-state index in [4.69, 9.17) is 4.74 Å². The third kappa shape index (κ3) is 8.04. The second-order valence-electron chi connectivity index (χ2n) is 10.2. The van der Waals surface area contributed by atoms with E-state index < -0.39 is 33.3 Å². The van der Waals surface area contributed by atoms with Gasteiger partial charge in [0.05, 0.1) is 24.0 Å². The van der Waals surface area contributed by atoms with Crippen molar-refractivity contribution in [2.24, 2.45) is 0 Å². The molecule has 8 nitrogen and oxygen atoms in total. The Morgan fingerprint density at radius 3 is 2.44 bits per heavy atom. The summed E-state index contributed by atoms with van der Waals surface area (Å²) >= 11 is 0. The van der Waals surface area contributed by atoms with Crippen molar-refractivity contribution in [2.75, 3.05) is 26.3 Å². The number of carbonyl (C=O) groups is 1. The maximum absolute atomic E-state index is 14.4. The van der Waals surface area contributed by atoms with Crippen LogP contribution in [0.15, 0.2) is 48.8 Å². The molecule has 1 fully saturated rings. The molecule has 0 unspecified atom stereocenters. The number of carbonyl (C=O) groups excluding carboxylic acids is 1. The average Bonchev–Trinajstić information content (AvgIpc) is 3.09. The maximum Gasteiger partial charge on any atom is 0.471 e. The van der Waals surface area contributed by atoms with Gasteiger partial charge in [-0.25, -0.2) is 17.4 Å². The van der Waals surface area contributed by atoms with Gasteiger partial charge in [-0.2, -0.15) is 17.6 Å². The number of alkyl halides is 3. The third-order valence-corrected chi connectivity index (χ3v) is 9.39. The number of ether oxygens (including phenoxy) is 1. The van der Waals surface area contributed by atoms with Crippen molar-refractivity contribution < 1.29 is 35.5 Å². The summed E-state index contributed by atoms with van der Waals surface area (Å²) in [6.07, 6.45) is 3.07. The van der Waals surface area contributed by atoms with Crippen LogP contribution in [0.3, 0.4) is 0 Å². The van der Waals surface area contributed by atoms with E-state index in [0.717, 1.165) is 36.6 Å². The second kappa shape index (κ2) is 13.8.